The molecule has 0 amide bonds. The number of ether oxygens (including phenoxy) is 1. The van der Waals surface area contributed by atoms with Crippen molar-refractivity contribution in [2.75, 3.05) is 13.2 Å². The Labute approximate surface area is 110 Å². The number of nitrogens with one attached hydrogen (secondary N) is 1. The van der Waals surface area contributed by atoms with E-state index >= 15 is 0 Å². The standard InChI is InChI=1S/C12H17N5O2/c13-10(4-9-5-14-7-15-9)12-16-11(17-19-12)8-2-1-3-18-6-8/h5,7-8,10H,1-4,6,13H2,(H,14,15)/t8?,10-/m1/s1. The van der Waals surface area contributed by atoms with Crippen LogP contribution in [0, 0.1) is 0 Å². The molecular formula is C12H17N5O2. The molecule has 7 nitrogen and oxygen atoms in total. The Morgan fingerprint density at radius 3 is 3.21 bits per heavy atom. The summed E-state index contributed by atoms with van der Waals surface area (Å²) in [5.41, 5.74) is 7.01. The van der Waals surface area contributed by atoms with E-state index in [1.807, 2.05) is 0 Å². The highest BCUT2D eigenvalue weighted by atomic mass is 16.5. The smallest absolute Gasteiger partial charge is 0.243 e. The molecule has 3 rings (SSSR count). The van der Waals surface area contributed by atoms with E-state index in [0.29, 0.717) is 24.7 Å². The van der Waals surface area contributed by atoms with E-state index in [1.54, 1.807) is 12.5 Å². The zero-order chi connectivity index (χ0) is 13.1. The fourth-order valence-corrected chi connectivity index (χ4v) is 2.23. The van der Waals surface area contributed by atoms with E-state index in [0.717, 1.165) is 25.1 Å². The van der Waals surface area contributed by atoms with Crippen molar-refractivity contribution < 1.29 is 9.26 Å². The highest BCUT2D eigenvalue weighted by Crippen LogP contribution is 2.24. The van der Waals surface area contributed by atoms with E-state index < -0.39 is 0 Å². The normalized spacial score (nSPS) is 21.4. The van der Waals surface area contributed by atoms with Crippen LogP contribution >= 0.6 is 0 Å². The van der Waals surface area contributed by atoms with Crippen LogP contribution in [0.4, 0.5) is 0 Å². The largest absolute Gasteiger partial charge is 0.381 e. The van der Waals surface area contributed by atoms with Gasteiger partial charge in [-0.3, -0.25) is 0 Å². The van der Waals surface area contributed by atoms with Crippen LogP contribution in [0.2, 0.25) is 0 Å². The average Bonchev–Trinajstić information content (AvgIpc) is 3.10. The van der Waals surface area contributed by atoms with Gasteiger partial charge in [0.1, 0.15) is 0 Å². The highest BCUT2D eigenvalue weighted by Gasteiger charge is 2.23. The second-order valence-electron chi connectivity index (χ2n) is 4.79. The fourth-order valence-electron chi connectivity index (χ4n) is 2.23. The van der Waals surface area contributed by atoms with E-state index in [2.05, 4.69) is 20.1 Å². The van der Waals surface area contributed by atoms with Gasteiger partial charge in [-0.15, -0.1) is 0 Å². The number of rotatable bonds is 4. The number of H-pyrrole nitrogens is 1. The van der Waals surface area contributed by atoms with Crippen molar-refractivity contribution in [1.82, 2.24) is 20.1 Å². The lowest BCUT2D eigenvalue weighted by Gasteiger charge is -2.18. The molecule has 19 heavy (non-hydrogen) atoms. The Balaban J connectivity index is 1.66. The van der Waals surface area contributed by atoms with Crippen molar-refractivity contribution >= 4 is 0 Å². The van der Waals surface area contributed by atoms with Crippen LogP contribution in [0.25, 0.3) is 0 Å². The first kappa shape index (κ1) is 12.3. The highest BCUT2D eigenvalue weighted by molar-refractivity contribution is 5.04. The minimum atomic E-state index is -0.314. The van der Waals surface area contributed by atoms with Crippen molar-refractivity contribution in [2.24, 2.45) is 5.73 Å². The third-order valence-corrected chi connectivity index (χ3v) is 3.29. The predicted octanol–water partition coefficient (Wildman–Crippen LogP) is 0.929. The topological polar surface area (TPSA) is 103 Å². The third kappa shape index (κ3) is 2.82. The monoisotopic (exact) mass is 263 g/mol. The number of hydrogen-bond donors (Lipinski definition) is 2. The molecular weight excluding hydrogens is 246 g/mol. The van der Waals surface area contributed by atoms with Gasteiger partial charge >= 0.3 is 0 Å². The lowest BCUT2D eigenvalue weighted by molar-refractivity contribution is 0.0773. The van der Waals surface area contributed by atoms with Gasteiger partial charge in [-0.25, -0.2) is 4.98 Å². The summed E-state index contributed by atoms with van der Waals surface area (Å²) in [6.45, 7) is 1.48. The lowest BCUT2D eigenvalue weighted by Crippen LogP contribution is -2.17. The first-order valence-corrected chi connectivity index (χ1v) is 6.47. The first-order valence-electron chi connectivity index (χ1n) is 6.47. The SMILES string of the molecule is N[C@H](Cc1cnc[nH]1)c1nc(C2CCCOC2)no1. The molecule has 3 N–H and O–H groups in total. The van der Waals surface area contributed by atoms with Gasteiger partial charge in [-0.1, -0.05) is 5.16 Å². The Morgan fingerprint density at radius 2 is 2.47 bits per heavy atom. The number of nitrogens with zero attached hydrogens (tertiary/aromatic N) is 3. The molecule has 3 heterocycles. The summed E-state index contributed by atoms with van der Waals surface area (Å²) in [5.74, 6) is 1.40. The molecule has 0 radical (unpaired) electrons. The van der Waals surface area contributed by atoms with Crippen LogP contribution in [0.1, 0.15) is 42.2 Å². The molecule has 2 atom stereocenters. The molecule has 1 aliphatic rings. The van der Waals surface area contributed by atoms with Crippen LogP contribution < -0.4 is 5.73 Å². The molecule has 0 aliphatic carbocycles. The zero-order valence-electron chi connectivity index (χ0n) is 10.6. The first-order chi connectivity index (χ1) is 9.33. The Morgan fingerprint density at radius 1 is 1.53 bits per heavy atom. The van der Waals surface area contributed by atoms with Crippen LogP contribution in [0.15, 0.2) is 17.0 Å². The van der Waals surface area contributed by atoms with Crippen molar-refractivity contribution in [1.29, 1.82) is 0 Å². The molecule has 0 spiro atoms. The molecule has 2 aromatic heterocycles. The van der Waals surface area contributed by atoms with Gasteiger partial charge in [0.25, 0.3) is 0 Å². The van der Waals surface area contributed by atoms with Crippen LogP contribution in [-0.2, 0) is 11.2 Å². The number of aromatic amines is 1. The minimum absolute atomic E-state index is 0.227. The number of aromatic nitrogens is 4. The summed E-state index contributed by atoms with van der Waals surface area (Å²) < 4.78 is 10.7. The molecule has 102 valence electrons. The summed E-state index contributed by atoms with van der Waals surface area (Å²) >= 11 is 0. The number of nitrogens with two attached hydrogens (primary N) is 1. The number of imidazole rings is 1. The van der Waals surface area contributed by atoms with Gasteiger partial charge in [0.05, 0.1) is 19.0 Å². The maximum Gasteiger partial charge on any atom is 0.243 e. The number of hydrogen-bond acceptors (Lipinski definition) is 6. The summed E-state index contributed by atoms with van der Waals surface area (Å²) in [6, 6.07) is -0.314. The second-order valence-corrected chi connectivity index (χ2v) is 4.79. The summed E-state index contributed by atoms with van der Waals surface area (Å²) in [6.07, 6.45) is 6.04. The molecule has 0 aromatic carbocycles. The van der Waals surface area contributed by atoms with Crippen molar-refractivity contribution in [2.45, 2.75) is 31.2 Å². The van der Waals surface area contributed by atoms with Gasteiger partial charge in [0.15, 0.2) is 5.82 Å². The van der Waals surface area contributed by atoms with Gasteiger partial charge in [0, 0.05) is 30.8 Å². The van der Waals surface area contributed by atoms with Crippen molar-refractivity contribution in [3.8, 4) is 0 Å². The van der Waals surface area contributed by atoms with E-state index in [-0.39, 0.29) is 12.0 Å². The van der Waals surface area contributed by atoms with E-state index in [9.17, 15) is 0 Å². The maximum absolute atomic E-state index is 6.05. The van der Waals surface area contributed by atoms with Crippen LogP contribution in [0.5, 0.6) is 0 Å². The molecule has 1 fully saturated rings. The predicted molar refractivity (Wildman–Crippen MR) is 66.3 cm³/mol. The average molecular weight is 263 g/mol. The third-order valence-electron chi connectivity index (χ3n) is 3.29. The van der Waals surface area contributed by atoms with Crippen LogP contribution in [0.3, 0.4) is 0 Å². The Bertz CT molecular complexity index is 504. The molecule has 1 aliphatic heterocycles. The van der Waals surface area contributed by atoms with Crippen molar-refractivity contribution in [3.63, 3.8) is 0 Å². The van der Waals surface area contributed by atoms with Crippen LogP contribution in [-0.4, -0.2) is 33.3 Å². The molecule has 0 bridgehead atoms. The van der Waals surface area contributed by atoms with Gasteiger partial charge < -0.3 is 20.0 Å². The second kappa shape index (κ2) is 5.50. The molecule has 0 saturated carbocycles. The van der Waals surface area contributed by atoms with E-state index in [1.165, 1.54) is 0 Å². The molecule has 1 unspecified atom stereocenters. The van der Waals surface area contributed by atoms with Crippen molar-refractivity contribution in [3.05, 3.63) is 29.9 Å². The van der Waals surface area contributed by atoms with Gasteiger partial charge in [-0.2, -0.15) is 4.98 Å². The maximum atomic E-state index is 6.05. The summed E-state index contributed by atoms with van der Waals surface area (Å²) in [7, 11) is 0. The van der Waals surface area contributed by atoms with Gasteiger partial charge in [-0.05, 0) is 12.8 Å². The summed E-state index contributed by atoms with van der Waals surface area (Å²) in [4.78, 5) is 11.4. The minimum Gasteiger partial charge on any atom is -0.381 e. The zero-order valence-corrected chi connectivity index (χ0v) is 10.6. The molecule has 2 aromatic rings. The lowest BCUT2D eigenvalue weighted by atomic mass is 10.0. The van der Waals surface area contributed by atoms with E-state index in [4.69, 9.17) is 15.0 Å². The Hall–Kier alpha value is -1.73. The quantitative estimate of drug-likeness (QED) is 0.850. The molecule has 7 heteroatoms. The van der Waals surface area contributed by atoms with Gasteiger partial charge in [0.2, 0.25) is 5.89 Å². The molecule has 1 saturated heterocycles. The summed E-state index contributed by atoms with van der Waals surface area (Å²) in [5, 5.41) is 4.02. The fraction of sp³-hybridized carbons (Fsp3) is 0.583. The Kier molecular flexibility index (Phi) is 3.56.